The molecule has 5 heteroatoms. The zero-order valence-corrected chi connectivity index (χ0v) is 17.7. The minimum atomic E-state index is -0.184. The molecular formula is C25H32FN3O. The Bertz CT molecular complexity index is 803. The van der Waals surface area contributed by atoms with Crippen molar-refractivity contribution in [1.82, 2.24) is 9.80 Å². The molecule has 2 aliphatic heterocycles. The Kier molecular flexibility index (Phi) is 7.00. The fourth-order valence-electron chi connectivity index (χ4n) is 4.71. The molecule has 0 aliphatic carbocycles. The Morgan fingerprint density at radius 2 is 1.63 bits per heavy atom. The average molecular weight is 410 g/mol. The first-order valence-electron chi connectivity index (χ1n) is 11.3. The van der Waals surface area contributed by atoms with Crippen molar-refractivity contribution in [3.8, 4) is 0 Å². The number of hydrogen-bond donors (Lipinski definition) is 0. The highest BCUT2D eigenvalue weighted by Gasteiger charge is 2.27. The second-order valence-corrected chi connectivity index (χ2v) is 8.49. The van der Waals surface area contributed by atoms with E-state index in [1.165, 1.54) is 18.6 Å². The van der Waals surface area contributed by atoms with E-state index in [0.29, 0.717) is 12.5 Å². The van der Waals surface area contributed by atoms with Crippen molar-refractivity contribution in [1.29, 1.82) is 0 Å². The summed E-state index contributed by atoms with van der Waals surface area (Å²) in [7, 11) is 0. The topological polar surface area (TPSA) is 26.8 Å². The van der Waals surface area contributed by atoms with Crippen molar-refractivity contribution in [3.05, 3.63) is 66.0 Å². The molecule has 4 nitrogen and oxygen atoms in total. The van der Waals surface area contributed by atoms with Crippen molar-refractivity contribution in [3.63, 3.8) is 0 Å². The summed E-state index contributed by atoms with van der Waals surface area (Å²) >= 11 is 0. The zero-order chi connectivity index (χ0) is 20.8. The van der Waals surface area contributed by atoms with Crippen LogP contribution in [0, 0.1) is 5.82 Å². The van der Waals surface area contributed by atoms with E-state index in [0.717, 1.165) is 69.8 Å². The van der Waals surface area contributed by atoms with Crippen molar-refractivity contribution >= 4 is 11.6 Å². The molecule has 2 aromatic carbocycles. The number of benzene rings is 2. The number of rotatable bonds is 6. The smallest absolute Gasteiger partial charge is 0.227 e. The molecule has 1 amide bonds. The summed E-state index contributed by atoms with van der Waals surface area (Å²) in [6, 6.07) is 17.2. The van der Waals surface area contributed by atoms with Crippen molar-refractivity contribution in [2.75, 3.05) is 44.2 Å². The molecule has 0 spiro atoms. The largest absolute Gasteiger partial charge is 0.369 e. The quantitative estimate of drug-likeness (QED) is 0.723. The molecule has 0 aromatic heterocycles. The van der Waals surface area contributed by atoms with E-state index >= 15 is 0 Å². The van der Waals surface area contributed by atoms with E-state index in [-0.39, 0.29) is 11.7 Å². The third kappa shape index (κ3) is 5.39. The first-order valence-corrected chi connectivity index (χ1v) is 11.3. The molecule has 30 heavy (non-hydrogen) atoms. The summed E-state index contributed by atoms with van der Waals surface area (Å²) in [6.45, 7) is 5.90. The lowest BCUT2D eigenvalue weighted by molar-refractivity contribution is -0.134. The molecule has 2 saturated heterocycles. The number of amides is 1. The lowest BCUT2D eigenvalue weighted by atomic mass is 9.97. The summed E-state index contributed by atoms with van der Waals surface area (Å²) in [5, 5.41) is 0. The summed E-state index contributed by atoms with van der Waals surface area (Å²) in [5.41, 5.74) is 2.20. The molecule has 0 saturated carbocycles. The minimum Gasteiger partial charge on any atom is -0.369 e. The first-order chi connectivity index (χ1) is 14.7. The minimum absolute atomic E-state index is 0.184. The van der Waals surface area contributed by atoms with Crippen LogP contribution in [0.4, 0.5) is 10.1 Å². The van der Waals surface area contributed by atoms with E-state index in [1.807, 2.05) is 42.5 Å². The summed E-state index contributed by atoms with van der Waals surface area (Å²) in [6.07, 6.45) is 5.02. The number of halogens is 1. The van der Waals surface area contributed by atoms with E-state index < -0.39 is 0 Å². The SMILES string of the molecule is O=C(Cc1ccccc1)N1CCCCC1CCN1CCN(c2ccc(F)cc2)CC1. The second kappa shape index (κ2) is 10.1. The van der Waals surface area contributed by atoms with E-state index in [2.05, 4.69) is 14.7 Å². The van der Waals surface area contributed by atoms with Gasteiger partial charge in [-0.3, -0.25) is 9.69 Å². The van der Waals surface area contributed by atoms with Crippen LogP contribution in [0.25, 0.3) is 0 Å². The van der Waals surface area contributed by atoms with Crippen LogP contribution >= 0.6 is 0 Å². The molecule has 2 fully saturated rings. The van der Waals surface area contributed by atoms with Gasteiger partial charge >= 0.3 is 0 Å². The van der Waals surface area contributed by atoms with Gasteiger partial charge < -0.3 is 9.80 Å². The third-order valence-electron chi connectivity index (χ3n) is 6.49. The Morgan fingerprint density at radius 3 is 2.37 bits per heavy atom. The number of likely N-dealkylation sites (tertiary alicyclic amines) is 1. The molecule has 0 N–H and O–H groups in total. The maximum absolute atomic E-state index is 13.1. The van der Waals surface area contributed by atoms with Crippen LogP contribution in [0.2, 0.25) is 0 Å². The fourth-order valence-corrected chi connectivity index (χ4v) is 4.71. The van der Waals surface area contributed by atoms with Gasteiger partial charge in [0.05, 0.1) is 6.42 Å². The van der Waals surface area contributed by atoms with Crippen LogP contribution in [0.15, 0.2) is 54.6 Å². The number of carbonyl (C=O) groups is 1. The van der Waals surface area contributed by atoms with Crippen LogP contribution in [-0.4, -0.2) is 61.0 Å². The molecule has 160 valence electrons. The van der Waals surface area contributed by atoms with Gasteiger partial charge in [0.2, 0.25) is 5.91 Å². The fraction of sp³-hybridized carbons (Fsp3) is 0.480. The molecule has 0 radical (unpaired) electrons. The predicted molar refractivity (Wildman–Crippen MR) is 119 cm³/mol. The maximum Gasteiger partial charge on any atom is 0.227 e. The summed E-state index contributed by atoms with van der Waals surface area (Å²) < 4.78 is 13.1. The van der Waals surface area contributed by atoms with Gasteiger partial charge in [-0.25, -0.2) is 4.39 Å². The third-order valence-corrected chi connectivity index (χ3v) is 6.49. The van der Waals surface area contributed by atoms with E-state index in [9.17, 15) is 9.18 Å². The van der Waals surface area contributed by atoms with Gasteiger partial charge in [0, 0.05) is 51.0 Å². The number of piperidine rings is 1. The number of carbonyl (C=O) groups excluding carboxylic acids is 1. The Morgan fingerprint density at radius 1 is 0.900 bits per heavy atom. The molecule has 2 aliphatic rings. The molecular weight excluding hydrogens is 377 g/mol. The highest BCUT2D eigenvalue weighted by Crippen LogP contribution is 2.22. The van der Waals surface area contributed by atoms with E-state index in [4.69, 9.17) is 0 Å². The molecule has 2 aromatic rings. The lowest BCUT2D eigenvalue weighted by Gasteiger charge is -2.39. The predicted octanol–water partition coefficient (Wildman–Crippen LogP) is 3.96. The van der Waals surface area contributed by atoms with Gasteiger partial charge in [0.15, 0.2) is 0 Å². The van der Waals surface area contributed by atoms with Crippen molar-refractivity contribution < 1.29 is 9.18 Å². The highest BCUT2D eigenvalue weighted by atomic mass is 19.1. The number of nitrogens with zero attached hydrogens (tertiary/aromatic N) is 3. The van der Waals surface area contributed by atoms with Crippen LogP contribution in [0.5, 0.6) is 0 Å². The normalized spacial score (nSPS) is 20.4. The number of piperazine rings is 1. The van der Waals surface area contributed by atoms with Crippen LogP contribution in [0.3, 0.4) is 0 Å². The molecule has 1 unspecified atom stereocenters. The second-order valence-electron chi connectivity index (χ2n) is 8.49. The maximum atomic E-state index is 13.1. The van der Waals surface area contributed by atoms with Gasteiger partial charge in [0.1, 0.15) is 5.82 Å². The van der Waals surface area contributed by atoms with Gasteiger partial charge in [-0.05, 0) is 55.5 Å². The summed E-state index contributed by atoms with van der Waals surface area (Å²) in [4.78, 5) is 19.9. The van der Waals surface area contributed by atoms with Crippen LogP contribution in [-0.2, 0) is 11.2 Å². The van der Waals surface area contributed by atoms with Crippen molar-refractivity contribution in [2.24, 2.45) is 0 Å². The lowest BCUT2D eigenvalue weighted by Crippen LogP contribution is -2.49. The number of hydrogen-bond acceptors (Lipinski definition) is 3. The van der Waals surface area contributed by atoms with Gasteiger partial charge in [0.25, 0.3) is 0 Å². The van der Waals surface area contributed by atoms with Gasteiger partial charge in [-0.1, -0.05) is 30.3 Å². The van der Waals surface area contributed by atoms with Crippen LogP contribution < -0.4 is 4.90 Å². The Balaban J connectivity index is 1.26. The summed E-state index contributed by atoms with van der Waals surface area (Å²) in [5.74, 6) is 0.0864. The van der Waals surface area contributed by atoms with Gasteiger partial charge in [-0.15, -0.1) is 0 Å². The molecule has 1 atom stereocenters. The number of anilines is 1. The molecule has 0 bridgehead atoms. The monoisotopic (exact) mass is 409 g/mol. The molecule has 2 heterocycles. The van der Waals surface area contributed by atoms with Gasteiger partial charge in [-0.2, -0.15) is 0 Å². The highest BCUT2D eigenvalue weighted by molar-refractivity contribution is 5.79. The zero-order valence-electron chi connectivity index (χ0n) is 17.7. The Labute approximate surface area is 179 Å². The standard InChI is InChI=1S/C25H32FN3O/c26-22-9-11-23(12-10-22)28-18-16-27(17-19-28)15-13-24-8-4-5-14-29(24)25(30)20-21-6-2-1-3-7-21/h1-3,6-7,9-12,24H,4-5,8,13-20H2. The Hall–Kier alpha value is -2.40. The average Bonchev–Trinajstić information content (AvgIpc) is 2.79. The van der Waals surface area contributed by atoms with Crippen LogP contribution in [0.1, 0.15) is 31.2 Å². The molecule has 4 rings (SSSR count). The first kappa shape index (κ1) is 20.9. The van der Waals surface area contributed by atoms with E-state index in [1.54, 1.807) is 0 Å². The van der Waals surface area contributed by atoms with Crippen molar-refractivity contribution in [2.45, 2.75) is 38.1 Å².